The SMILES string of the molecule is CCC(CNC(C)C)Oc1cc(F)cc(F)c1. The van der Waals surface area contributed by atoms with Gasteiger partial charge in [0, 0.05) is 30.8 Å². The van der Waals surface area contributed by atoms with Crippen LogP contribution in [0.1, 0.15) is 27.2 Å². The first kappa shape index (κ1) is 13.9. The van der Waals surface area contributed by atoms with Gasteiger partial charge in [0.1, 0.15) is 23.5 Å². The Morgan fingerprint density at radius 3 is 2.24 bits per heavy atom. The zero-order chi connectivity index (χ0) is 12.8. The summed E-state index contributed by atoms with van der Waals surface area (Å²) in [4.78, 5) is 0. The van der Waals surface area contributed by atoms with Crippen LogP contribution in [0, 0.1) is 11.6 Å². The third-order valence-corrected chi connectivity index (χ3v) is 2.35. The van der Waals surface area contributed by atoms with Gasteiger partial charge in [0.05, 0.1) is 0 Å². The maximum Gasteiger partial charge on any atom is 0.129 e. The molecule has 0 saturated heterocycles. The molecule has 0 aromatic heterocycles. The molecule has 1 aromatic rings. The lowest BCUT2D eigenvalue weighted by Gasteiger charge is -2.19. The largest absolute Gasteiger partial charge is 0.489 e. The quantitative estimate of drug-likeness (QED) is 0.828. The summed E-state index contributed by atoms with van der Waals surface area (Å²) in [6.07, 6.45) is 0.691. The molecule has 0 spiro atoms. The van der Waals surface area contributed by atoms with E-state index in [1.165, 1.54) is 12.1 Å². The van der Waals surface area contributed by atoms with E-state index in [-0.39, 0.29) is 11.9 Å². The number of ether oxygens (including phenoxy) is 1. The minimum atomic E-state index is -0.619. The summed E-state index contributed by atoms with van der Waals surface area (Å²) in [6.45, 7) is 6.71. The number of nitrogens with one attached hydrogen (secondary N) is 1. The molecular weight excluding hydrogens is 224 g/mol. The molecular formula is C13H19F2NO. The molecule has 17 heavy (non-hydrogen) atoms. The van der Waals surface area contributed by atoms with E-state index in [4.69, 9.17) is 4.74 Å². The number of benzene rings is 1. The molecule has 0 fully saturated rings. The summed E-state index contributed by atoms with van der Waals surface area (Å²) in [7, 11) is 0. The first-order valence-electron chi connectivity index (χ1n) is 5.87. The normalized spacial score (nSPS) is 12.8. The lowest BCUT2D eigenvalue weighted by atomic mass is 10.2. The van der Waals surface area contributed by atoms with E-state index in [1.54, 1.807) is 0 Å². The van der Waals surface area contributed by atoms with Gasteiger partial charge in [0.25, 0.3) is 0 Å². The molecule has 0 heterocycles. The first-order chi connectivity index (χ1) is 8.01. The number of hydrogen-bond donors (Lipinski definition) is 1. The van der Waals surface area contributed by atoms with E-state index in [9.17, 15) is 8.78 Å². The lowest BCUT2D eigenvalue weighted by Crippen LogP contribution is -2.34. The van der Waals surface area contributed by atoms with Crippen LogP contribution in [0.3, 0.4) is 0 Å². The molecule has 2 nitrogen and oxygen atoms in total. The van der Waals surface area contributed by atoms with Crippen LogP contribution in [-0.2, 0) is 0 Å². The van der Waals surface area contributed by atoms with Gasteiger partial charge in [-0.05, 0) is 6.42 Å². The van der Waals surface area contributed by atoms with Crippen molar-refractivity contribution < 1.29 is 13.5 Å². The van der Waals surface area contributed by atoms with Crippen molar-refractivity contribution in [3.63, 3.8) is 0 Å². The van der Waals surface area contributed by atoms with Crippen molar-refractivity contribution in [2.45, 2.75) is 39.3 Å². The second-order valence-electron chi connectivity index (χ2n) is 4.32. The molecule has 96 valence electrons. The maximum atomic E-state index is 13.0. The molecule has 0 amide bonds. The lowest BCUT2D eigenvalue weighted by molar-refractivity contribution is 0.188. The zero-order valence-electron chi connectivity index (χ0n) is 10.5. The van der Waals surface area contributed by atoms with Crippen LogP contribution in [0.25, 0.3) is 0 Å². The van der Waals surface area contributed by atoms with Gasteiger partial charge in [-0.1, -0.05) is 20.8 Å². The van der Waals surface area contributed by atoms with Gasteiger partial charge in [-0.3, -0.25) is 0 Å². The molecule has 0 saturated carbocycles. The second kappa shape index (κ2) is 6.55. The fourth-order valence-electron chi connectivity index (χ4n) is 1.43. The summed E-state index contributed by atoms with van der Waals surface area (Å²) >= 11 is 0. The molecule has 1 unspecified atom stereocenters. The van der Waals surface area contributed by atoms with Crippen LogP contribution in [0.5, 0.6) is 5.75 Å². The van der Waals surface area contributed by atoms with Gasteiger partial charge >= 0.3 is 0 Å². The van der Waals surface area contributed by atoms with Crippen LogP contribution >= 0.6 is 0 Å². The van der Waals surface area contributed by atoms with Crippen molar-refractivity contribution in [1.29, 1.82) is 0 Å². The Morgan fingerprint density at radius 2 is 1.76 bits per heavy atom. The van der Waals surface area contributed by atoms with Gasteiger partial charge in [-0.2, -0.15) is 0 Å². The van der Waals surface area contributed by atoms with Crippen LogP contribution in [0.2, 0.25) is 0 Å². The Balaban J connectivity index is 2.60. The monoisotopic (exact) mass is 243 g/mol. The average Bonchev–Trinajstić information content (AvgIpc) is 2.22. The Bertz CT molecular complexity index is 335. The second-order valence-corrected chi connectivity index (χ2v) is 4.32. The third-order valence-electron chi connectivity index (χ3n) is 2.35. The van der Waals surface area contributed by atoms with Crippen molar-refractivity contribution in [2.24, 2.45) is 0 Å². The summed E-state index contributed by atoms with van der Waals surface area (Å²) in [5.41, 5.74) is 0. The maximum absolute atomic E-state index is 13.0. The average molecular weight is 243 g/mol. The smallest absolute Gasteiger partial charge is 0.129 e. The summed E-state index contributed by atoms with van der Waals surface area (Å²) in [5.74, 6) is -1.00. The predicted octanol–water partition coefficient (Wildman–Crippen LogP) is 3.12. The van der Waals surface area contributed by atoms with Crippen LogP contribution in [0.15, 0.2) is 18.2 Å². The summed E-state index contributed by atoms with van der Waals surface area (Å²) in [6, 6.07) is 3.58. The molecule has 4 heteroatoms. The highest BCUT2D eigenvalue weighted by Crippen LogP contribution is 2.17. The van der Waals surface area contributed by atoms with E-state index in [1.807, 2.05) is 20.8 Å². The standard InChI is InChI=1S/C13H19F2NO/c1-4-12(8-16-9(2)3)17-13-6-10(14)5-11(15)7-13/h5-7,9,12,16H,4,8H2,1-3H3. The van der Waals surface area contributed by atoms with E-state index in [0.29, 0.717) is 12.6 Å². The van der Waals surface area contributed by atoms with Crippen molar-refractivity contribution in [1.82, 2.24) is 5.32 Å². The molecule has 1 rings (SSSR count). The summed E-state index contributed by atoms with van der Waals surface area (Å²) in [5, 5.41) is 3.23. The first-order valence-corrected chi connectivity index (χ1v) is 5.87. The Labute approximate surface area is 101 Å². The van der Waals surface area contributed by atoms with E-state index in [0.717, 1.165) is 12.5 Å². The van der Waals surface area contributed by atoms with E-state index < -0.39 is 11.6 Å². The van der Waals surface area contributed by atoms with Crippen LogP contribution in [0.4, 0.5) is 8.78 Å². The molecule has 0 aliphatic rings. The van der Waals surface area contributed by atoms with Gasteiger partial charge in [0.15, 0.2) is 0 Å². The minimum Gasteiger partial charge on any atom is -0.489 e. The fourth-order valence-corrected chi connectivity index (χ4v) is 1.43. The number of hydrogen-bond acceptors (Lipinski definition) is 2. The molecule has 1 atom stereocenters. The van der Waals surface area contributed by atoms with Crippen molar-refractivity contribution in [3.8, 4) is 5.75 Å². The van der Waals surface area contributed by atoms with Gasteiger partial charge in [-0.25, -0.2) is 8.78 Å². The predicted molar refractivity (Wildman–Crippen MR) is 64.2 cm³/mol. The van der Waals surface area contributed by atoms with Gasteiger partial charge in [-0.15, -0.1) is 0 Å². The van der Waals surface area contributed by atoms with Crippen LogP contribution < -0.4 is 10.1 Å². The topological polar surface area (TPSA) is 21.3 Å². The fraction of sp³-hybridized carbons (Fsp3) is 0.538. The zero-order valence-corrected chi connectivity index (χ0v) is 10.5. The van der Waals surface area contributed by atoms with Crippen LogP contribution in [-0.4, -0.2) is 18.7 Å². The Kier molecular flexibility index (Phi) is 5.35. The minimum absolute atomic E-state index is 0.0846. The Morgan fingerprint density at radius 1 is 1.18 bits per heavy atom. The van der Waals surface area contributed by atoms with E-state index in [2.05, 4.69) is 5.32 Å². The van der Waals surface area contributed by atoms with Crippen molar-refractivity contribution in [3.05, 3.63) is 29.8 Å². The third kappa shape index (κ3) is 5.13. The molecule has 0 bridgehead atoms. The van der Waals surface area contributed by atoms with Crippen molar-refractivity contribution in [2.75, 3.05) is 6.54 Å². The molecule has 0 aliphatic heterocycles. The molecule has 1 N–H and O–H groups in total. The van der Waals surface area contributed by atoms with Gasteiger partial charge < -0.3 is 10.1 Å². The van der Waals surface area contributed by atoms with Crippen molar-refractivity contribution >= 4 is 0 Å². The van der Waals surface area contributed by atoms with E-state index >= 15 is 0 Å². The highest BCUT2D eigenvalue weighted by molar-refractivity contribution is 5.24. The number of rotatable bonds is 6. The Hall–Kier alpha value is -1.16. The molecule has 0 aliphatic carbocycles. The summed E-state index contributed by atoms with van der Waals surface area (Å²) < 4.78 is 31.5. The van der Waals surface area contributed by atoms with Gasteiger partial charge in [0.2, 0.25) is 0 Å². The molecule has 0 radical (unpaired) electrons. The highest BCUT2D eigenvalue weighted by Gasteiger charge is 2.10. The highest BCUT2D eigenvalue weighted by atomic mass is 19.1. The number of halogens is 2. The molecule has 1 aromatic carbocycles.